The van der Waals surface area contributed by atoms with Crippen molar-refractivity contribution in [2.45, 2.75) is 40.0 Å². The van der Waals surface area contributed by atoms with Crippen molar-refractivity contribution < 1.29 is 28.5 Å². The SMILES string of the molecule is CCCOC(=O)Oc1cc(CC)c(OC(=O)OCCC)c2ccccc12. The van der Waals surface area contributed by atoms with Crippen LogP contribution in [0.2, 0.25) is 0 Å². The zero-order valence-corrected chi connectivity index (χ0v) is 15.4. The monoisotopic (exact) mass is 360 g/mol. The van der Waals surface area contributed by atoms with Gasteiger partial charge < -0.3 is 18.9 Å². The van der Waals surface area contributed by atoms with Gasteiger partial charge in [-0.1, -0.05) is 45.0 Å². The van der Waals surface area contributed by atoms with Crippen molar-refractivity contribution in [3.05, 3.63) is 35.9 Å². The molecule has 0 aliphatic carbocycles. The van der Waals surface area contributed by atoms with Gasteiger partial charge in [-0.25, -0.2) is 9.59 Å². The first kappa shape index (κ1) is 19.6. The summed E-state index contributed by atoms with van der Waals surface area (Å²) in [4.78, 5) is 23.8. The Balaban J connectivity index is 2.40. The minimum Gasteiger partial charge on any atom is -0.434 e. The molecule has 2 aromatic rings. The maximum absolute atomic E-state index is 11.9. The summed E-state index contributed by atoms with van der Waals surface area (Å²) in [5.74, 6) is 0.784. The van der Waals surface area contributed by atoms with Crippen LogP contribution in [0, 0.1) is 0 Å². The molecule has 0 aliphatic rings. The van der Waals surface area contributed by atoms with E-state index in [2.05, 4.69) is 0 Å². The van der Waals surface area contributed by atoms with E-state index < -0.39 is 12.3 Å². The van der Waals surface area contributed by atoms with Crippen molar-refractivity contribution in [2.24, 2.45) is 0 Å². The van der Waals surface area contributed by atoms with Gasteiger partial charge in [-0.3, -0.25) is 0 Å². The zero-order chi connectivity index (χ0) is 18.9. The summed E-state index contributed by atoms with van der Waals surface area (Å²) < 4.78 is 20.8. The van der Waals surface area contributed by atoms with E-state index in [-0.39, 0.29) is 0 Å². The van der Waals surface area contributed by atoms with E-state index in [4.69, 9.17) is 18.9 Å². The van der Waals surface area contributed by atoms with Crippen molar-refractivity contribution in [1.82, 2.24) is 0 Å². The lowest BCUT2D eigenvalue weighted by Crippen LogP contribution is -2.14. The van der Waals surface area contributed by atoms with Crippen molar-refractivity contribution in [3.63, 3.8) is 0 Å². The van der Waals surface area contributed by atoms with Gasteiger partial charge in [0.05, 0.1) is 13.2 Å². The Morgan fingerprint density at radius 2 is 1.42 bits per heavy atom. The molecule has 0 aromatic heterocycles. The molecule has 26 heavy (non-hydrogen) atoms. The number of carbonyl (C=O) groups excluding carboxylic acids is 2. The number of fused-ring (bicyclic) bond motifs is 1. The molecule has 0 bridgehead atoms. The molecular weight excluding hydrogens is 336 g/mol. The molecule has 0 unspecified atom stereocenters. The van der Waals surface area contributed by atoms with E-state index in [1.54, 1.807) is 18.2 Å². The van der Waals surface area contributed by atoms with E-state index in [9.17, 15) is 9.59 Å². The van der Waals surface area contributed by atoms with E-state index in [1.165, 1.54) is 0 Å². The fourth-order valence-corrected chi connectivity index (χ4v) is 2.44. The van der Waals surface area contributed by atoms with E-state index in [1.807, 2.05) is 32.9 Å². The second kappa shape index (κ2) is 9.65. The largest absolute Gasteiger partial charge is 0.513 e. The first-order valence-electron chi connectivity index (χ1n) is 8.84. The molecule has 0 aliphatic heterocycles. The predicted molar refractivity (Wildman–Crippen MR) is 97.9 cm³/mol. The molecule has 0 N–H and O–H groups in total. The van der Waals surface area contributed by atoms with Gasteiger partial charge in [-0.05, 0) is 30.9 Å². The highest BCUT2D eigenvalue weighted by molar-refractivity contribution is 5.96. The van der Waals surface area contributed by atoms with Gasteiger partial charge in [-0.2, -0.15) is 0 Å². The van der Waals surface area contributed by atoms with E-state index in [0.717, 1.165) is 5.56 Å². The number of rotatable bonds is 7. The number of aryl methyl sites for hydroxylation is 1. The van der Waals surface area contributed by atoms with Gasteiger partial charge in [-0.15, -0.1) is 0 Å². The smallest absolute Gasteiger partial charge is 0.434 e. The summed E-state index contributed by atoms with van der Waals surface area (Å²) in [6.07, 6.45) is 0.505. The molecular formula is C20H24O6. The first-order valence-corrected chi connectivity index (χ1v) is 8.84. The van der Waals surface area contributed by atoms with Crippen LogP contribution >= 0.6 is 0 Å². The second-order valence-corrected chi connectivity index (χ2v) is 5.66. The molecule has 0 atom stereocenters. The molecule has 0 saturated heterocycles. The quantitative estimate of drug-likeness (QED) is 0.496. The summed E-state index contributed by atoms with van der Waals surface area (Å²) in [7, 11) is 0. The van der Waals surface area contributed by atoms with Crippen molar-refractivity contribution >= 4 is 23.1 Å². The van der Waals surface area contributed by atoms with Crippen LogP contribution in [0.3, 0.4) is 0 Å². The minimum absolute atomic E-state index is 0.294. The highest BCUT2D eigenvalue weighted by Gasteiger charge is 2.18. The summed E-state index contributed by atoms with van der Waals surface area (Å²) in [5.41, 5.74) is 0.732. The summed E-state index contributed by atoms with van der Waals surface area (Å²) in [6, 6.07) is 8.93. The second-order valence-electron chi connectivity index (χ2n) is 5.66. The minimum atomic E-state index is -0.755. The molecule has 2 aromatic carbocycles. The molecule has 0 saturated carbocycles. The number of hydrogen-bond acceptors (Lipinski definition) is 6. The highest BCUT2D eigenvalue weighted by Crippen LogP contribution is 2.37. The Kier molecular flexibility index (Phi) is 7.26. The highest BCUT2D eigenvalue weighted by atomic mass is 16.7. The lowest BCUT2D eigenvalue weighted by atomic mass is 10.0. The number of hydrogen-bond donors (Lipinski definition) is 0. The fourth-order valence-electron chi connectivity index (χ4n) is 2.44. The van der Waals surface area contributed by atoms with Gasteiger partial charge in [0.25, 0.3) is 0 Å². The Morgan fingerprint density at radius 3 is 2.00 bits per heavy atom. The topological polar surface area (TPSA) is 71.1 Å². The van der Waals surface area contributed by atoms with E-state index >= 15 is 0 Å². The number of ether oxygens (including phenoxy) is 4. The predicted octanol–water partition coefficient (Wildman–Crippen LogP) is 5.25. The van der Waals surface area contributed by atoms with Crippen LogP contribution in [-0.2, 0) is 15.9 Å². The summed E-state index contributed by atoms with van der Waals surface area (Å²) in [5, 5.41) is 1.31. The van der Waals surface area contributed by atoms with E-state index in [0.29, 0.717) is 54.7 Å². The van der Waals surface area contributed by atoms with Crippen LogP contribution in [-0.4, -0.2) is 25.5 Å². The van der Waals surface area contributed by atoms with Gasteiger partial charge >= 0.3 is 12.3 Å². The van der Waals surface area contributed by atoms with Gasteiger partial charge in [0.15, 0.2) is 0 Å². The zero-order valence-electron chi connectivity index (χ0n) is 15.4. The molecule has 0 spiro atoms. The fraction of sp³-hybridized carbons (Fsp3) is 0.400. The van der Waals surface area contributed by atoms with Crippen LogP contribution < -0.4 is 9.47 Å². The van der Waals surface area contributed by atoms with Crippen molar-refractivity contribution in [1.29, 1.82) is 0 Å². The third-order valence-corrected chi connectivity index (χ3v) is 3.64. The Morgan fingerprint density at radius 1 is 0.846 bits per heavy atom. The maximum atomic E-state index is 11.9. The molecule has 140 valence electrons. The lowest BCUT2D eigenvalue weighted by molar-refractivity contribution is 0.0974. The summed E-state index contributed by atoms with van der Waals surface area (Å²) in [6.45, 7) is 6.32. The number of carbonyl (C=O) groups is 2. The van der Waals surface area contributed by atoms with Crippen LogP contribution in [0.5, 0.6) is 11.5 Å². The molecule has 0 fully saturated rings. The molecule has 6 nitrogen and oxygen atoms in total. The van der Waals surface area contributed by atoms with Crippen molar-refractivity contribution in [2.75, 3.05) is 13.2 Å². The normalized spacial score (nSPS) is 10.4. The Hall–Kier alpha value is -2.76. The Bertz CT molecular complexity index is 768. The third kappa shape index (κ3) is 4.88. The Labute approximate surface area is 153 Å². The van der Waals surface area contributed by atoms with Gasteiger partial charge in [0.1, 0.15) is 11.5 Å². The average molecular weight is 360 g/mol. The third-order valence-electron chi connectivity index (χ3n) is 3.64. The molecule has 0 amide bonds. The standard InChI is InChI=1S/C20H24O6/c1-4-11-23-19(21)25-17-13-14(6-3)18(26-20(22)24-12-5-2)16-10-8-7-9-15(16)17/h7-10,13H,4-6,11-12H2,1-3H3. The summed E-state index contributed by atoms with van der Waals surface area (Å²) >= 11 is 0. The molecule has 0 heterocycles. The lowest BCUT2D eigenvalue weighted by Gasteiger charge is -2.15. The average Bonchev–Trinajstić information content (AvgIpc) is 2.66. The molecule has 6 heteroatoms. The van der Waals surface area contributed by atoms with Crippen LogP contribution in [0.4, 0.5) is 9.59 Å². The maximum Gasteiger partial charge on any atom is 0.513 e. The first-order chi connectivity index (χ1) is 12.6. The van der Waals surface area contributed by atoms with Gasteiger partial charge in [0.2, 0.25) is 0 Å². The molecule has 0 radical (unpaired) electrons. The van der Waals surface area contributed by atoms with Gasteiger partial charge in [0, 0.05) is 10.8 Å². The van der Waals surface area contributed by atoms with Crippen LogP contribution in [0.15, 0.2) is 30.3 Å². The van der Waals surface area contributed by atoms with Crippen LogP contribution in [0.1, 0.15) is 39.2 Å². The number of benzene rings is 2. The molecule has 2 rings (SSSR count). The van der Waals surface area contributed by atoms with Crippen LogP contribution in [0.25, 0.3) is 10.8 Å². The van der Waals surface area contributed by atoms with Crippen molar-refractivity contribution in [3.8, 4) is 11.5 Å².